The van der Waals surface area contributed by atoms with Crippen molar-refractivity contribution in [3.63, 3.8) is 0 Å². The second-order valence-corrected chi connectivity index (χ2v) is 10.5. The predicted octanol–water partition coefficient (Wildman–Crippen LogP) is 4.90. The highest BCUT2D eigenvalue weighted by Crippen LogP contribution is 2.39. The Balaban J connectivity index is 1.36. The largest absolute Gasteiger partial charge is 0.423 e. The molecule has 11 nitrogen and oxygen atoms in total. The van der Waals surface area contributed by atoms with Crippen molar-refractivity contribution in [1.82, 2.24) is 10.0 Å². The van der Waals surface area contributed by atoms with Crippen molar-refractivity contribution in [3.8, 4) is 5.75 Å². The number of imide groups is 1. The molecule has 5 rings (SSSR count). The highest BCUT2D eigenvalue weighted by Gasteiger charge is 2.53. The Morgan fingerprint density at radius 2 is 1.63 bits per heavy atom. The van der Waals surface area contributed by atoms with Gasteiger partial charge in [0.15, 0.2) is 5.78 Å². The summed E-state index contributed by atoms with van der Waals surface area (Å²) in [5, 5.41) is 12.5. The number of amides is 3. The van der Waals surface area contributed by atoms with Gasteiger partial charge in [0.1, 0.15) is 12.3 Å². The van der Waals surface area contributed by atoms with Crippen LogP contribution in [0.4, 0.5) is 5.69 Å². The van der Waals surface area contributed by atoms with Gasteiger partial charge in [0.05, 0.1) is 32.9 Å². The first-order chi connectivity index (χ1) is 20.6. The third kappa shape index (κ3) is 5.80. The van der Waals surface area contributed by atoms with Crippen LogP contribution in [0.1, 0.15) is 44.4 Å². The van der Waals surface area contributed by atoms with Crippen molar-refractivity contribution in [3.05, 3.63) is 117 Å². The fourth-order valence-electron chi connectivity index (χ4n) is 5.20. The van der Waals surface area contributed by atoms with Gasteiger partial charge in [-0.05, 0) is 60.9 Å². The summed E-state index contributed by atoms with van der Waals surface area (Å²) >= 11 is 6.26. The third-order valence-corrected chi connectivity index (χ3v) is 7.75. The van der Waals surface area contributed by atoms with Gasteiger partial charge in [0, 0.05) is 17.7 Å². The number of hydrogen-bond acceptors (Lipinski definition) is 8. The molecule has 0 radical (unpaired) electrons. The zero-order valence-corrected chi connectivity index (χ0v) is 23.5. The first-order valence-corrected chi connectivity index (χ1v) is 13.6. The van der Waals surface area contributed by atoms with Crippen molar-refractivity contribution in [2.24, 2.45) is 17.8 Å². The number of esters is 1. The minimum absolute atomic E-state index is 0.0205. The predicted molar refractivity (Wildman–Crippen MR) is 153 cm³/mol. The number of fused-ring (bicyclic) bond motifs is 1. The lowest BCUT2D eigenvalue weighted by Crippen LogP contribution is -2.52. The number of carbonyl (C=O) groups excluding carboxylic acids is 5. The second kappa shape index (κ2) is 12.0. The minimum atomic E-state index is -0.784. The highest BCUT2D eigenvalue weighted by atomic mass is 35.5. The van der Waals surface area contributed by atoms with Gasteiger partial charge in [-0.3, -0.25) is 29.3 Å². The van der Waals surface area contributed by atoms with Crippen LogP contribution in [0.2, 0.25) is 5.02 Å². The summed E-state index contributed by atoms with van der Waals surface area (Å²) in [5.74, 6) is -4.69. The molecule has 1 fully saturated rings. The SMILES string of the molecule is C[C@@H]1C=CC[C@H]2C(=O)N(N(CC(=O)c3ccc(OC(=O)c4ccc([N+](=O)[O-])cc4)cc3)C(=O)c3ccccc3Cl)C(=O)[C@@H]12. The van der Waals surface area contributed by atoms with Crippen molar-refractivity contribution in [2.45, 2.75) is 13.3 Å². The molecule has 43 heavy (non-hydrogen) atoms. The summed E-state index contributed by atoms with van der Waals surface area (Å²) in [6.45, 7) is 1.19. The Labute approximate surface area is 250 Å². The molecule has 0 N–H and O–H groups in total. The zero-order valence-electron chi connectivity index (χ0n) is 22.7. The smallest absolute Gasteiger partial charge is 0.343 e. The number of nitrogens with zero attached hydrogens (tertiary/aromatic N) is 3. The number of allylic oxidation sites excluding steroid dienone is 2. The number of non-ortho nitro benzene ring substituents is 1. The van der Waals surface area contributed by atoms with E-state index in [-0.39, 0.29) is 39.1 Å². The summed E-state index contributed by atoms with van der Waals surface area (Å²) in [7, 11) is 0. The summed E-state index contributed by atoms with van der Waals surface area (Å²) in [6, 6.07) is 16.5. The van der Waals surface area contributed by atoms with Crippen LogP contribution in [0.5, 0.6) is 5.75 Å². The van der Waals surface area contributed by atoms with Crippen molar-refractivity contribution in [1.29, 1.82) is 0 Å². The fraction of sp³-hybridized carbons (Fsp3) is 0.194. The molecule has 2 aliphatic rings. The molecular formula is C31H24ClN3O8. The highest BCUT2D eigenvalue weighted by molar-refractivity contribution is 6.34. The van der Waals surface area contributed by atoms with E-state index in [1.165, 1.54) is 60.7 Å². The van der Waals surface area contributed by atoms with Crippen LogP contribution in [0, 0.1) is 27.9 Å². The van der Waals surface area contributed by atoms with E-state index >= 15 is 0 Å². The molecule has 1 saturated heterocycles. The molecular weight excluding hydrogens is 578 g/mol. The molecule has 3 aromatic carbocycles. The lowest BCUT2D eigenvalue weighted by Gasteiger charge is -2.30. The van der Waals surface area contributed by atoms with E-state index in [9.17, 15) is 34.1 Å². The number of ether oxygens (including phenoxy) is 1. The number of nitro groups is 1. The van der Waals surface area contributed by atoms with E-state index in [0.717, 1.165) is 10.0 Å². The van der Waals surface area contributed by atoms with Gasteiger partial charge < -0.3 is 4.74 Å². The molecule has 12 heteroatoms. The molecule has 0 saturated carbocycles. The van der Waals surface area contributed by atoms with Gasteiger partial charge >= 0.3 is 5.97 Å². The number of nitro benzene ring substituents is 1. The minimum Gasteiger partial charge on any atom is -0.423 e. The average molecular weight is 602 g/mol. The van der Waals surface area contributed by atoms with E-state index in [0.29, 0.717) is 6.42 Å². The molecule has 1 aliphatic heterocycles. The Morgan fingerprint density at radius 1 is 0.977 bits per heavy atom. The third-order valence-electron chi connectivity index (χ3n) is 7.42. The number of carbonyl (C=O) groups is 5. The standard InChI is InChI=1S/C31H24ClN3O8/c1-18-5-4-7-24-27(18)30(39)34(29(24)38)33(28(37)23-6-2-3-8-25(23)32)17-26(36)19-11-15-22(16-12-19)43-31(40)20-9-13-21(14-10-20)35(41)42/h2-6,8-16,18,24,27H,7,17H2,1H3/t18-,24-,27+/m1/s1. The maximum atomic E-state index is 13.7. The van der Waals surface area contributed by atoms with Crippen molar-refractivity contribution < 1.29 is 33.6 Å². The van der Waals surface area contributed by atoms with Gasteiger partial charge in [0.25, 0.3) is 23.4 Å². The van der Waals surface area contributed by atoms with E-state index in [1.54, 1.807) is 12.1 Å². The van der Waals surface area contributed by atoms with E-state index in [4.69, 9.17) is 16.3 Å². The zero-order chi connectivity index (χ0) is 30.8. The monoisotopic (exact) mass is 601 g/mol. The second-order valence-electron chi connectivity index (χ2n) is 10.1. The lowest BCUT2D eigenvalue weighted by molar-refractivity contribution is -0.384. The van der Waals surface area contributed by atoms with Gasteiger partial charge in [-0.2, -0.15) is 5.01 Å². The number of Topliss-reactive ketones (excluding diaryl/α,β-unsaturated/α-hetero) is 1. The van der Waals surface area contributed by atoms with Gasteiger partial charge in [0.2, 0.25) is 0 Å². The molecule has 1 heterocycles. The number of hydrogen-bond donors (Lipinski definition) is 0. The number of rotatable bonds is 8. The van der Waals surface area contributed by atoms with Crippen LogP contribution >= 0.6 is 11.6 Å². The molecule has 0 unspecified atom stereocenters. The molecule has 1 aliphatic carbocycles. The fourth-order valence-corrected chi connectivity index (χ4v) is 5.41. The Bertz CT molecular complexity index is 1670. The van der Waals surface area contributed by atoms with Gasteiger partial charge in [-0.15, -0.1) is 0 Å². The Morgan fingerprint density at radius 3 is 2.26 bits per heavy atom. The number of benzene rings is 3. The molecule has 3 amide bonds. The van der Waals surface area contributed by atoms with Crippen molar-refractivity contribution >= 4 is 46.8 Å². The maximum Gasteiger partial charge on any atom is 0.343 e. The maximum absolute atomic E-state index is 13.7. The van der Waals surface area contributed by atoms with E-state index < -0.39 is 52.8 Å². The number of ketones is 1. The first kappa shape index (κ1) is 29.3. The summed E-state index contributed by atoms with van der Waals surface area (Å²) in [6.07, 6.45) is 4.04. The average Bonchev–Trinajstić information content (AvgIpc) is 3.26. The molecule has 0 bridgehead atoms. The van der Waals surface area contributed by atoms with E-state index in [1.807, 2.05) is 19.1 Å². The van der Waals surface area contributed by atoms with Gasteiger partial charge in [-0.25, -0.2) is 9.80 Å². The topological polar surface area (TPSA) is 144 Å². The van der Waals surface area contributed by atoms with Crippen molar-refractivity contribution in [2.75, 3.05) is 6.54 Å². The molecule has 0 spiro atoms. The number of hydrazine groups is 1. The quantitative estimate of drug-likeness (QED) is 0.0674. The molecule has 218 valence electrons. The van der Waals surface area contributed by atoms with E-state index in [2.05, 4.69) is 0 Å². The summed E-state index contributed by atoms with van der Waals surface area (Å²) < 4.78 is 5.30. The van der Waals surface area contributed by atoms with Crippen LogP contribution < -0.4 is 4.74 Å². The molecule has 3 aromatic rings. The van der Waals surface area contributed by atoms with Crippen LogP contribution in [-0.2, 0) is 9.59 Å². The van der Waals surface area contributed by atoms with Crippen LogP contribution in [-0.4, -0.2) is 51.0 Å². The Kier molecular flexibility index (Phi) is 8.18. The molecule has 0 aromatic heterocycles. The summed E-state index contributed by atoms with van der Waals surface area (Å²) in [4.78, 5) is 76.8. The normalized spacial score (nSPS) is 19.1. The lowest BCUT2D eigenvalue weighted by atomic mass is 9.78. The van der Waals surface area contributed by atoms with Crippen LogP contribution in [0.15, 0.2) is 84.9 Å². The van der Waals surface area contributed by atoms with Crippen LogP contribution in [0.3, 0.4) is 0 Å². The molecule has 3 atom stereocenters. The summed E-state index contributed by atoms with van der Waals surface area (Å²) in [5.41, 5.74) is 0.0546. The van der Waals surface area contributed by atoms with Crippen LogP contribution in [0.25, 0.3) is 0 Å². The first-order valence-electron chi connectivity index (χ1n) is 13.3. The Hall–Kier alpha value is -5.16. The number of halogens is 1. The van der Waals surface area contributed by atoms with Gasteiger partial charge in [-0.1, -0.05) is 42.8 Å².